The molecule has 3 heterocycles. The van der Waals surface area contributed by atoms with Gasteiger partial charge in [-0.25, -0.2) is 14.3 Å². The number of carbonyl (C=O) groups is 2. The summed E-state index contributed by atoms with van der Waals surface area (Å²) in [5.74, 6) is 1.06. The van der Waals surface area contributed by atoms with E-state index in [9.17, 15) is 14.7 Å². The maximum absolute atomic E-state index is 13.0. The number of hydrogen-bond donors (Lipinski definition) is 3. The minimum atomic E-state index is -0.786. The Balaban J connectivity index is 1.27. The van der Waals surface area contributed by atoms with Gasteiger partial charge in [-0.15, -0.1) is 0 Å². The molecule has 0 spiro atoms. The van der Waals surface area contributed by atoms with Crippen molar-refractivity contribution in [2.75, 3.05) is 10.6 Å². The summed E-state index contributed by atoms with van der Waals surface area (Å²) in [6, 6.07) is 17.9. The maximum Gasteiger partial charge on any atom is 0.407 e. The Morgan fingerprint density at radius 2 is 1.68 bits per heavy atom. The Hall–Kier alpha value is -3.81. The van der Waals surface area contributed by atoms with Crippen LogP contribution in [0.3, 0.4) is 0 Å². The molecule has 38 heavy (non-hydrogen) atoms. The zero-order valence-electron chi connectivity index (χ0n) is 22.6. The first-order valence-corrected chi connectivity index (χ1v) is 13.4. The second-order valence-electron chi connectivity index (χ2n) is 11.8. The van der Waals surface area contributed by atoms with Gasteiger partial charge in [0.1, 0.15) is 5.82 Å². The van der Waals surface area contributed by atoms with Crippen molar-refractivity contribution in [3.63, 3.8) is 0 Å². The number of aromatic nitrogens is 2. The third-order valence-corrected chi connectivity index (χ3v) is 7.76. The quantitative estimate of drug-likeness (QED) is 0.357. The van der Waals surface area contributed by atoms with Gasteiger partial charge in [0.15, 0.2) is 0 Å². The number of nitrogens with one attached hydrogen (secondary N) is 2. The molecular formula is C30H37N5O3. The number of anilines is 2. The van der Waals surface area contributed by atoms with Crippen molar-refractivity contribution in [1.82, 2.24) is 14.7 Å². The number of rotatable bonds is 5. The van der Waals surface area contributed by atoms with Crippen LogP contribution in [-0.2, 0) is 11.8 Å². The monoisotopic (exact) mass is 515 g/mol. The van der Waals surface area contributed by atoms with Crippen molar-refractivity contribution >= 4 is 23.6 Å². The van der Waals surface area contributed by atoms with Gasteiger partial charge in [0.05, 0.1) is 11.4 Å². The highest BCUT2D eigenvalue weighted by atomic mass is 16.4. The lowest BCUT2D eigenvalue weighted by Gasteiger charge is -2.37. The minimum Gasteiger partial charge on any atom is -0.465 e. The molecule has 2 aliphatic heterocycles. The summed E-state index contributed by atoms with van der Waals surface area (Å²) in [5.41, 5.74) is 4.63. The van der Waals surface area contributed by atoms with E-state index < -0.39 is 6.09 Å². The van der Waals surface area contributed by atoms with Crippen LogP contribution in [-0.4, -0.2) is 44.0 Å². The second kappa shape index (κ2) is 10.2. The van der Waals surface area contributed by atoms with Gasteiger partial charge in [-0.05, 0) is 74.8 Å². The molecule has 0 aliphatic carbocycles. The summed E-state index contributed by atoms with van der Waals surface area (Å²) in [7, 11) is 0. The predicted octanol–water partition coefficient (Wildman–Crippen LogP) is 6.59. The van der Waals surface area contributed by atoms with Gasteiger partial charge in [0.2, 0.25) is 0 Å². The van der Waals surface area contributed by atoms with E-state index in [4.69, 9.17) is 5.10 Å². The fourth-order valence-electron chi connectivity index (χ4n) is 5.88. The predicted molar refractivity (Wildman–Crippen MR) is 149 cm³/mol. The molecule has 1 aromatic heterocycles. The SMILES string of the molecule is Cc1ccc(-n2nc(C(C)(C)C)cc2NC(=O)Nc2cccc(CC3CC4CCC(C3)N4C(=O)O)c2)cc1. The normalized spacial score (nSPS) is 20.8. The summed E-state index contributed by atoms with van der Waals surface area (Å²) >= 11 is 0. The number of nitrogens with zero attached hydrogens (tertiary/aromatic N) is 3. The van der Waals surface area contributed by atoms with Crippen molar-refractivity contribution in [1.29, 1.82) is 0 Å². The largest absolute Gasteiger partial charge is 0.465 e. The Morgan fingerprint density at radius 3 is 2.32 bits per heavy atom. The van der Waals surface area contributed by atoms with Gasteiger partial charge in [-0.3, -0.25) is 5.32 Å². The molecular weight excluding hydrogens is 478 g/mol. The van der Waals surface area contributed by atoms with E-state index in [2.05, 4.69) is 37.5 Å². The highest BCUT2D eigenvalue weighted by Gasteiger charge is 2.43. The smallest absolute Gasteiger partial charge is 0.407 e. The summed E-state index contributed by atoms with van der Waals surface area (Å²) in [4.78, 5) is 26.3. The van der Waals surface area contributed by atoms with Crippen LogP contribution in [0.25, 0.3) is 5.69 Å². The molecule has 200 valence electrons. The lowest BCUT2D eigenvalue weighted by atomic mass is 9.86. The maximum atomic E-state index is 13.0. The van der Waals surface area contributed by atoms with Gasteiger partial charge in [0, 0.05) is 29.3 Å². The van der Waals surface area contributed by atoms with Gasteiger partial charge in [0.25, 0.3) is 0 Å². The third-order valence-electron chi connectivity index (χ3n) is 7.76. The number of aryl methyl sites for hydroxylation is 1. The number of piperidine rings is 1. The molecule has 2 bridgehead atoms. The van der Waals surface area contributed by atoms with Crippen LogP contribution < -0.4 is 10.6 Å². The molecule has 3 aromatic rings. The number of urea groups is 1. The molecule has 0 saturated carbocycles. The first-order valence-electron chi connectivity index (χ1n) is 13.4. The van der Waals surface area contributed by atoms with E-state index in [0.717, 1.165) is 60.3 Å². The van der Waals surface area contributed by atoms with E-state index in [1.54, 1.807) is 9.58 Å². The zero-order chi connectivity index (χ0) is 27.0. The van der Waals surface area contributed by atoms with E-state index in [1.165, 1.54) is 0 Å². The van der Waals surface area contributed by atoms with Crippen LogP contribution in [0.4, 0.5) is 21.1 Å². The van der Waals surface area contributed by atoms with Crippen molar-refractivity contribution in [3.05, 3.63) is 71.4 Å². The first-order chi connectivity index (χ1) is 18.1. The van der Waals surface area contributed by atoms with Gasteiger partial charge >= 0.3 is 12.1 Å². The number of benzene rings is 2. The molecule has 2 aliphatic rings. The number of hydrogen-bond acceptors (Lipinski definition) is 3. The molecule has 2 atom stereocenters. The molecule has 2 saturated heterocycles. The van der Waals surface area contributed by atoms with Gasteiger partial charge < -0.3 is 15.3 Å². The van der Waals surface area contributed by atoms with E-state index >= 15 is 0 Å². The van der Waals surface area contributed by atoms with Crippen molar-refractivity contribution in [3.8, 4) is 5.69 Å². The molecule has 0 radical (unpaired) electrons. The molecule has 3 N–H and O–H groups in total. The van der Waals surface area contributed by atoms with Crippen LogP contribution >= 0.6 is 0 Å². The molecule has 2 fully saturated rings. The molecule has 8 nitrogen and oxygen atoms in total. The lowest BCUT2D eigenvalue weighted by molar-refractivity contribution is 0.0850. The minimum absolute atomic E-state index is 0.139. The fourth-order valence-corrected chi connectivity index (χ4v) is 5.88. The summed E-state index contributed by atoms with van der Waals surface area (Å²) in [6.07, 6.45) is 3.83. The average Bonchev–Trinajstić information content (AvgIpc) is 3.39. The topological polar surface area (TPSA) is 99.5 Å². The van der Waals surface area contributed by atoms with Gasteiger partial charge in [-0.1, -0.05) is 50.6 Å². The Bertz CT molecular complexity index is 1310. The molecule has 2 unspecified atom stereocenters. The number of fused-ring (bicyclic) bond motifs is 2. The van der Waals surface area contributed by atoms with Crippen molar-refractivity contribution in [2.45, 2.75) is 77.3 Å². The van der Waals surface area contributed by atoms with E-state index in [0.29, 0.717) is 11.7 Å². The first kappa shape index (κ1) is 25.8. The Labute approximate surface area is 224 Å². The second-order valence-corrected chi connectivity index (χ2v) is 11.8. The summed E-state index contributed by atoms with van der Waals surface area (Å²) in [6.45, 7) is 8.33. The van der Waals surface area contributed by atoms with Crippen LogP contribution in [0, 0.1) is 12.8 Å². The zero-order valence-corrected chi connectivity index (χ0v) is 22.6. The molecule has 3 amide bonds. The van der Waals surface area contributed by atoms with E-state index in [-0.39, 0.29) is 23.5 Å². The highest BCUT2D eigenvalue weighted by molar-refractivity contribution is 5.99. The molecule has 5 rings (SSSR count). The van der Waals surface area contributed by atoms with E-state index in [1.807, 2.05) is 55.5 Å². The Morgan fingerprint density at radius 1 is 1.00 bits per heavy atom. The average molecular weight is 516 g/mol. The summed E-state index contributed by atoms with van der Waals surface area (Å²) < 4.78 is 1.77. The lowest BCUT2D eigenvalue weighted by Crippen LogP contribution is -2.46. The Kier molecular flexibility index (Phi) is 6.90. The molecule has 2 aromatic carbocycles. The molecule has 8 heteroatoms. The van der Waals surface area contributed by atoms with Crippen LogP contribution in [0.1, 0.15) is 63.3 Å². The third kappa shape index (κ3) is 5.54. The number of amides is 3. The fraction of sp³-hybridized carbons (Fsp3) is 0.433. The van der Waals surface area contributed by atoms with Crippen LogP contribution in [0.5, 0.6) is 0 Å². The summed E-state index contributed by atoms with van der Waals surface area (Å²) in [5, 5.41) is 20.3. The number of carbonyl (C=O) groups excluding carboxylic acids is 1. The van der Waals surface area contributed by atoms with Crippen molar-refractivity contribution < 1.29 is 14.7 Å². The number of carboxylic acid groups (broad SMARTS) is 1. The van der Waals surface area contributed by atoms with Crippen LogP contribution in [0.2, 0.25) is 0 Å². The highest BCUT2D eigenvalue weighted by Crippen LogP contribution is 2.40. The van der Waals surface area contributed by atoms with Crippen LogP contribution in [0.15, 0.2) is 54.6 Å². The standard InChI is InChI=1S/C30H37N5O3/c1-19-8-10-23(11-9-19)35-27(18-26(33-35)30(2,3)4)32-28(36)31-22-7-5-6-20(15-22)14-21-16-24-12-13-25(17-21)34(24)29(37)38/h5-11,15,18,21,24-25H,12-14,16-17H2,1-4H3,(H,37,38)(H2,31,32,36). The van der Waals surface area contributed by atoms with Crippen molar-refractivity contribution in [2.24, 2.45) is 5.92 Å². The van der Waals surface area contributed by atoms with Gasteiger partial charge in [-0.2, -0.15) is 5.10 Å².